The van der Waals surface area contributed by atoms with Gasteiger partial charge in [-0.1, -0.05) is 35.0 Å². The first-order chi connectivity index (χ1) is 7.65. The zero-order valence-corrected chi connectivity index (χ0v) is 11.6. The summed E-state index contributed by atoms with van der Waals surface area (Å²) in [7, 11) is 0. The molecule has 1 aromatic rings. The van der Waals surface area contributed by atoms with Crippen molar-refractivity contribution < 1.29 is 0 Å². The van der Waals surface area contributed by atoms with E-state index in [1.807, 2.05) is 0 Å². The fourth-order valence-electron chi connectivity index (χ4n) is 2.56. The maximum absolute atomic E-state index is 3.73. The number of benzene rings is 1. The van der Waals surface area contributed by atoms with Gasteiger partial charge in [-0.05, 0) is 49.8 Å². The van der Waals surface area contributed by atoms with E-state index in [4.69, 9.17) is 0 Å². The Morgan fingerprint density at radius 2 is 1.94 bits per heavy atom. The summed E-state index contributed by atoms with van der Waals surface area (Å²) in [5.41, 5.74) is 1.38. The summed E-state index contributed by atoms with van der Waals surface area (Å²) in [4.78, 5) is 0. The first-order valence-corrected chi connectivity index (χ1v) is 6.96. The van der Waals surface area contributed by atoms with Crippen molar-refractivity contribution in [2.24, 2.45) is 5.92 Å². The van der Waals surface area contributed by atoms with Gasteiger partial charge in [0.2, 0.25) is 0 Å². The molecule has 0 heterocycles. The molecular weight excluding hydrogens is 262 g/mol. The summed E-state index contributed by atoms with van der Waals surface area (Å²) in [6, 6.07) is 9.80. The van der Waals surface area contributed by atoms with Gasteiger partial charge in [-0.15, -0.1) is 0 Å². The summed E-state index contributed by atoms with van der Waals surface area (Å²) >= 11 is 3.47. The molecule has 1 N–H and O–H groups in total. The number of rotatable bonds is 3. The predicted molar refractivity (Wildman–Crippen MR) is 72.5 cm³/mol. The third-order valence-corrected chi connectivity index (χ3v) is 4.08. The summed E-state index contributed by atoms with van der Waals surface area (Å²) in [6.07, 6.45) is 4.05. The summed E-state index contributed by atoms with van der Waals surface area (Å²) in [5.74, 6) is 0.898. The van der Waals surface area contributed by atoms with Crippen LogP contribution in [0.2, 0.25) is 0 Å². The van der Waals surface area contributed by atoms with Crippen LogP contribution < -0.4 is 5.32 Å². The number of nitrogens with one attached hydrogen (secondary N) is 1. The Morgan fingerprint density at radius 3 is 2.50 bits per heavy atom. The van der Waals surface area contributed by atoms with Gasteiger partial charge in [0.05, 0.1) is 0 Å². The van der Waals surface area contributed by atoms with Crippen LogP contribution in [0, 0.1) is 5.92 Å². The molecule has 1 aliphatic carbocycles. The average Bonchev–Trinajstić information content (AvgIpc) is 2.65. The molecule has 0 saturated heterocycles. The number of hydrogen-bond donors (Lipinski definition) is 1. The molecule has 1 aromatic carbocycles. The van der Waals surface area contributed by atoms with E-state index in [0.717, 1.165) is 10.4 Å². The third kappa shape index (κ3) is 3.08. The fraction of sp³-hybridized carbons (Fsp3) is 0.571. The Kier molecular flexibility index (Phi) is 4.04. The van der Waals surface area contributed by atoms with Gasteiger partial charge < -0.3 is 5.32 Å². The second-order valence-electron chi connectivity index (χ2n) is 5.06. The molecule has 0 amide bonds. The van der Waals surface area contributed by atoms with Gasteiger partial charge in [-0.2, -0.15) is 0 Å². The van der Waals surface area contributed by atoms with Crippen LogP contribution >= 0.6 is 15.9 Å². The topological polar surface area (TPSA) is 12.0 Å². The van der Waals surface area contributed by atoms with Crippen molar-refractivity contribution in [3.8, 4) is 0 Å². The second-order valence-corrected chi connectivity index (χ2v) is 5.97. The molecule has 0 bridgehead atoms. The molecule has 0 radical (unpaired) electrons. The Labute approximate surface area is 107 Å². The van der Waals surface area contributed by atoms with E-state index in [1.54, 1.807) is 0 Å². The van der Waals surface area contributed by atoms with Crippen LogP contribution in [-0.4, -0.2) is 6.04 Å². The molecule has 3 atom stereocenters. The van der Waals surface area contributed by atoms with E-state index in [2.05, 4.69) is 59.4 Å². The lowest BCUT2D eigenvalue weighted by Gasteiger charge is -2.19. The standard InChI is InChI=1S/C14H20BrN/c1-10-3-8-14(9-10)16-11(2)12-4-6-13(15)7-5-12/h4-7,10-11,14,16H,3,8-9H2,1-2H3. The minimum absolute atomic E-state index is 0.461. The second kappa shape index (κ2) is 5.33. The molecule has 1 aliphatic rings. The molecule has 1 saturated carbocycles. The lowest BCUT2D eigenvalue weighted by atomic mass is 10.1. The van der Waals surface area contributed by atoms with Crippen molar-refractivity contribution in [3.05, 3.63) is 34.3 Å². The van der Waals surface area contributed by atoms with E-state index in [0.29, 0.717) is 12.1 Å². The van der Waals surface area contributed by atoms with Gasteiger partial charge in [0.25, 0.3) is 0 Å². The Hall–Kier alpha value is -0.340. The Morgan fingerprint density at radius 1 is 1.25 bits per heavy atom. The number of hydrogen-bond acceptors (Lipinski definition) is 1. The van der Waals surface area contributed by atoms with Crippen LogP contribution in [0.25, 0.3) is 0 Å². The van der Waals surface area contributed by atoms with Gasteiger partial charge in [-0.3, -0.25) is 0 Å². The van der Waals surface area contributed by atoms with Gasteiger partial charge >= 0.3 is 0 Å². The number of halogens is 1. The monoisotopic (exact) mass is 281 g/mol. The molecule has 16 heavy (non-hydrogen) atoms. The lowest BCUT2D eigenvalue weighted by molar-refractivity contribution is 0.449. The average molecular weight is 282 g/mol. The maximum Gasteiger partial charge on any atom is 0.0294 e. The minimum atomic E-state index is 0.461. The molecular formula is C14H20BrN. The van der Waals surface area contributed by atoms with Crippen molar-refractivity contribution in [2.75, 3.05) is 0 Å². The highest BCUT2D eigenvalue weighted by Crippen LogP contribution is 2.27. The van der Waals surface area contributed by atoms with E-state index >= 15 is 0 Å². The zero-order valence-electron chi connectivity index (χ0n) is 10.0. The summed E-state index contributed by atoms with van der Waals surface area (Å²) in [5, 5.41) is 3.73. The normalized spacial score (nSPS) is 26.9. The van der Waals surface area contributed by atoms with Crippen LogP contribution in [0.3, 0.4) is 0 Å². The summed E-state index contributed by atoms with van der Waals surface area (Å²) < 4.78 is 1.15. The van der Waals surface area contributed by atoms with Crippen LogP contribution in [-0.2, 0) is 0 Å². The van der Waals surface area contributed by atoms with E-state index in [1.165, 1.54) is 24.8 Å². The highest BCUT2D eigenvalue weighted by Gasteiger charge is 2.22. The van der Waals surface area contributed by atoms with Gasteiger partial charge in [0.15, 0.2) is 0 Å². The lowest BCUT2D eigenvalue weighted by Crippen LogP contribution is -2.29. The highest BCUT2D eigenvalue weighted by atomic mass is 79.9. The van der Waals surface area contributed by atoms with Crippen molar-refractivity contribution in [1.29, 1.82) is 0 Å². The van der Waals surface area contributed by atoms with E-state index in [9.17, 15) is 0 Å². The molecule has 0 aromatic heterocycles. The van der Waals surface area contributed by atoms with E-state index < -0.39 is 0 Å². The largest absolute Gasteiger partial charge is 0.307 e. The highest BCUT2D eigenvalue weighted by molar-refractivity contribution is 9.10. The Bertz CT molecular complexity index is 333. The fourth-order valence-corrected chi connectivity index (χ4v) is 2.82. The van der Waals surface area contributed by atoms with Crippen molar-refractivity contribution in [1.82, 2.24) is 5.32 Å². The summed E-state index contributed by atoms with van der Waals surface area (Å²) in [6.45, 7) is 4.61. The third-order valence-electron chi connectivity index (χ3n) is 3.55. The molecule has 1 fully saturated rings. The Balaban J connectivity index is 1.92. The minimum Gasteiger partial charge on any atom is -0.307 e. The first-order valence-electron chi connectivity index (χ1n) is 6.16. The zero-order chi connectivity index (χ0) is 11.5. The van der Waals surface area contributed by atoms with Crippen molar-refractivity contribution in [2.45, 2.75) is 45.2 Å². The maximum atomic E-state index is 3.73. The molecule has 0 spiro atoms. The first kappa shape index (κ1) is 12.1. The molecule has 88 valence electrons. The van der Waals surface area contributed by atoms with Crippen LogP contribution in [0.15, 0.2) is 28.7 Å². The predicted octanol–water partition coefficient (Wildman–Crippen LogP) is 4.29. The molecule has 0 aliphatic heterocycles. The van der Waals surface area contributed by atoms with Gasteiger partial charge in [-0.25, -0.2) is 0 Å². The van der Waals surface area contributed by atoms with Crippen LogP contribution in [0.1, 0.15) is 44.7 Å². The molecule has 3 unspecified atom stereocenters. The van der Waals surface area contributed by atoms with Gasteiger partial charge in [0.1, 0.15) is 0 Å². The molecule has 1 nitrogen and oxygen atoms in total. The molecule has 2 heteroatoms. The quantitative estimate of drug-likeness (QED) is 0.872. The van der Waals surface area contributed by atoms with Crippen molar-refractivity contribution in [3.63, 3.8) is 0 Å². The van der Waals surface area contributed by atoms with Crippen LogP contribution in [0.4, 0.5) is 0 Å². The molecule has 2 rings (SSSR count). The van der Waals surface area contributed by atoms with E-state index in [-0.39, 0.29) is 0 Å². The smallest absolute Gasteiger partial charge is 0.0294 e. The van der Waals surface area contributed by atoms with Crippen LogP contribution in [0.5, 0.6) is 0 Å². The SMILES string of the molecule is CC1CCC(NC(C)c2ccc(Br)cc2)C1. The van der Waals surface area contributed by atoms with Crippen molar-refractivity contribution >= 4 is 15.9 Å². The van der Waals surface area contributed by atoms with Gasteiger partial charge in [0, 0.05) is 16.6 Å².